The van der Waals surface area contributed by atoms with Crippen LogP contribution < -0.4 is 0 Å². The van der Waals surface area contributed by atoms with Crippen molar-refractivity contribution in [3.63, 3.8) is 0 Å². The van der Waals surface area contributed by atoms with E-state index in [1.165, 1.54) is 30.9 Å². The number of pyridine rings is 1. The van der Waals surface area contributed by atoms with Crippen LogP contribution in [0.5, 0.6) is 0 Å². The van der Waals surface area contributed by atoms with Crippen molar-refractivity contribution in [3.8, 4) is 0 Å². The molecule has 0 bridgehead atoms. The predicted molar refractivity (Wildman–Crippen MR) is 126 cm³/mol. The zero-order valence-electron chi connectivity index (χ0n) is 20.0. The molecular formula is C29H32F3NO2. The Bertz CT molecular complexity index is 1120. The Morgan fingerprint density at radius 1 is 0.943 bits per heavy atom. The monoisotopic (exact) mass is 483 g/mol. The van der Waals surface area contributed by atoms with Gasteiger partial charge in [-0.25, -0.2) is 0 Å². The maximum absolute atomic E-state index is 13.4. The summed E-state index contributed by atoms with van der Waals surface area (Å²) in [5, 5.41) is 0. The molecule has 3 saturated carbocycles. The van der Waals surface area contributed by atoms with Gasteiger partial charge in [-0.05, 0) is 86.3 Å². The summed E-state index contributed by atoms with van der Waals surface area (Å²) in [5.74, 6) is 1.35. The smallest absolute Gasteiger partial charge is 0.298 e. The summed E-state index contributed by atoms with van der Waals surface area (Å²) in [4.78, 5) is 30.2. The quantitative estimate of drug-likeness (QED) is 0.427. The zero-order valence-corrected chi connectivity index (χ0v) is 20.0. The van der Waals surface area contributed by atoms with Crippen LogP contribution in [-0.4, -0.2) is 23.2 Å². The van der Waals surface area contributed by atoms with Gasteiger partial charge in [0.05, 0.1) is 5.69 Å². The predicted octanol–water partition coefficient (Wildman–Crippen LogP) is 7.17. The Hall–Kier alpha value is -2.24. The average Bonchev–Trinajstić information content (AvgIpc) is 3.29. The van der Waals surface area contributed by atoms with Crippen LogP contribution >= 0.6 is 0 Å². The van der Waals surface area contributed by atoms with Gasteiger partial charge in [0.2, 0.25) is 0 Å². The van der Waals surface area contributed by atoms with E-state index in [-0.39, 0.29) is 24.0 Å². The molecule has 1 spiro atoms. The van der Waals surface area contributed by atoms with Crippen LogP contribution in [0.1, 0.15) is 110 Å². The maximum atomic E-state index is 13.4. The van der Waals surface area contributed by atoms with Gasteiger partial charge in [-0.2, -0.15) is 13.2 Å². The average molecular weight is 484 g/mol. The van der Waals surface area contributed by atoms with Gasteiger partial charge in [0.25, 0.3) is 0 Å². The second-order valence-corrected chi connectivity index (χ2v) is 11.7. The Labute approximate surface area is 204 Å². The number of ketones is 1. The molecule has 5 aliphatic carbocycles. The van der Waals surface area contributed by atoms with Crippen LogP contribution in [0.4, 0.5) is 13.2 Å². The van der Waals surface area contributed by atoms with Crippen molar-refractivity contribution in [2.45, 2.75) is 95.1 Å². The summed E-state index contributed by atoms with van der Waals surface area (Å²) < 4.78 is 40.2. The molecule has 0 radical (unpaired) electrons. The first kappa shape index (κ1) is 23.2. The second kappa shape index (κ2) is 8.41. The van der Waals surface area contributed by atoms with Gasteiger partial charge in [-0.1, -0.05) is 31.4 Å². The first-order valence-corrected chi connectivity index (χ1v) is 13.3. The van der Waals surface area contributed by atoms with Crippen molar-refractivity contribution in [1.82, 2.24) is 4.98 Å². The third-order valence-electron chi connectivity index (χ3n) is 9.71. The van der Waals surface area contributed by atoms with Gasteiger partial charge in [0.1, 0.15) is 6.29 Å². The highest BCUT2D eigenvalue weighted by Gasteiger charge is 2.54. The van der Waals surface area contributed by atoms with E-state index in [1.807, 2.05) is 0 Å². The van der Waals surface area contributed by atoms with Crippen LogP contribution in [0.15, 0.2) is 29.4 Å². The lowest BCUT2D eigenvalue weighted by molar-refractivity contribution is -0.111. The number of hydrogen-bond donors (Lipinski definition) is 0. The topological polar surface area (TPSA) is 47.0 Å². The van der Waals surface area contributed by atoms with E-state index in [1.54, 1.807) is 0 Å². The minimum Gasteiger partial charge on any atom is -0.298 e. The Morgan fingerprint density at radius 2 is 1.66 bits per heavy atom. The molecule has 3 fully saturated rings. The van der Waals surface area contributed by atoms with Gasteiger partial charge < -0.3 is 0 Å². The minimum absolute atomic E-state index is 0.0920. The number of aldehydes is 1. The number of carbonyl (C=O) groups is 2. The van der Waals surface area contributed by atoms with Gasteiger partial charge in [-0.15, -0.1) is 0 Å². The minimum atomic E-state index is -4.37. The lowest BCUT2D eigenvalue weighted by Gasteiger charge is -2.53. The fourth-order valence-electron chi connectivity index (χ4n) is 7.49. The van der Waals surface area contributed by atoms with E-state index in [9.17, 15) is 22.8 Å². The molecule has 0 N–H and O–H groups in total. The molecule has 0 amide bonds. The number of carbonyl (C=O) groups excluding carboxylic acids is 2. The molecule has 1 heterocycles. The molecule has 6 heteroatoms. The molecule has 5 aliphatic rings. The van der Waals surface area contributed by atoms with E-state index in [2.05, 4.69) is 6.07 Å². The Balaban J connectivity index is 1.25. The Morgan fingerprint density at radius 3 is 2.29 bits per heavy atom. The number of nitrogens with zero attached hydrogens (tertiary/aromatic N) is 1. The Kier molecular flexibility index (Phi) is 5.57. The number of fused-ring (bicyclic) bond motifs is 1. The third kappa shape index (κ3) is 3.92. The fourth-order valence-corrected chi connectivity index (χ4v) is 7.49. The summed E-state index contributed by atoms with van der Waals surface area (Å²) in [6.45, 7) is 0. The lowest BCUT2D eigenvalue weighted by atomic mass is 9.51. The van der Waals surface area contributed by atoms with Crippen molar-refractivity contribution >= 4 is 12.1 Å². The molecule has 3 nitrogen and oxygen atoms in total. The molecule has 0 aliphatic heterocycles. The van der Waals surface area contributed by atoms with E-state index < -0.39 is 17.2 Å². The number of Topliss-reactive ketones (excluding diaryl/α,β-unsaturated/α-hetero) is 1. The van der Waals surface area contributed by atoms with E-state index in [4.69, 9.17) is 4.98 Å². The van der Waals surface area contributed by atoms with Gasteiger partial charge in [0, 0.05) is 34.6 Å². The normalized spacial score (nSPS) is 31.5. The van der Waals surface area contributed by atoms with Gasteiger partial charge in [0.15, 0.2) is 5.78 Å². The van der Waals surface area contributed by atoms with Crippen molar-refractivity contribution in [3.05, 3.63) is 51.9 Å². The van der Waals surface area contributed by atoms with Crippen LogP contribution in [-0.2, 0) is 11.2 Å². The van der Waals surface area contributed by atoms with Gasteiger partial charge in [-0.3, -0.25) is 14.6 Å². The van der Waals surface area contributed by atoms with Crippen molar-refractivity contribution in [1.29, 1.82) is 0 Å². The largest absolute Gasteiger partial charge is 0.412 e. The molecule has 1 aromatic rings. The molecule has 0 saturated heterocycles. The van der Waals surface area contributed by atoms with Crippen LogP contribution in [0, 0.1) is 17.3 Å². The number of allylic oxidation sites excluding steroid dienone is 4. The summed E-state index contributed by atoms with van der Waals surface area (Å²) >= 11 is 0. The highest BCUT2D eigenvalue weighted by atomic mass is 19.4. The first-order chi connectivity index (χ1) is 16.8. The number of hydrogen-bond acceptors (Lipinski definition) is 3. The molecule has 6 rings (SSSR count). The zero-order chi connectivity index (χ0) is 24.4. The summed E-state index contributed by atoms with van der Waals surface area (Å²) in [7, 11) is 0. The number of halogens is 3. The van der Waals surface area contributed by atoms with Crippen LogP contribution in [0.3, 0.4) is 0 Å². The molecule has 1 aromatic heterocycles. The molecule has 1 atom stereocenters. The fraction of sp³-hybridized carbons (Fsp3) is 0.621. The maximum Gasteiger partial charge on any atom is 0.412 e. The van der Waals surface area contributed by atoms with Gasteiger partial charge >= 0.3 is 6.18 Å². The molecule has 186 valence electrons. The molecular weight excluding hydrogens is 451 g/mol. The summed E-state index contributed by atoms with van der Waals surface area (Å²) in [6.07, 6.45) is 9.14. The molecule has 0 aromatic carbocycles. The molecule has 35 heavy (non-hydrogen) atoms. The second-order valence-electron chi connectivity index (χ2n) is 11.7. The van der Waals surface area contributed by atoms with Crippen LogP contribution in [0.2, 0.25) is 0 Å². The first-order valence-electron chi connectivity index (χ1n) is 13.3. The standard InChI is InChI=1S/C29H32F3NO2/c30-29(31,32)21-8-9-22(16-34)28(15-21)13-20(14-28)19-10-25-27(26(35)11-19)23(17-6-3-7-17)12-24(33-25)18-4-1-2-5-18/h8-9,12,16-20H,1-7,10-11,13-15H2. The van der Waals surface area contributed by atoms with E-state index in [0.717, 1.165) is 61.4 Å². The number of rotatable bonds is 4. The lowest BCUT2D eigenvalue weighted by Crippen LogP contribution is -2.46. The van der Waals surface area contributed by atoms with Crippen LogP contribution in [0.25, 0.3) is 0 Å². The third-order valence-corrected chi connectivity index (χ3v) is 9.71. The molecule has 1 unspecified atom stereocenters. The summed E-state index contributed by atoms with van der Waals surface area (Å²) in [5.41, 5.74) is 3.35. The highest BCUT2D eigenvalue weighted by molar-refractivity contribution is 6.00. The summed E-state index contributed by atoms with van der Waals surface area (Å²) in [6, 6.07) is 2.24. The van der Waals surface area contributed by atoms with Crippen molar-refractivity contribution in [2.75, 3.05) is 0 Å². The van der Waals surface area contributed by atoms with Crippen molar-refractivity contribution in [2.24, 2.45) is 17.3 Å². The van der Waals surface area contributed by atoms with E-state index >= 15 is 0 Å². The highest BCUT2D eigenvalue weighted by Crippen LogP contribution is 2.60. The number of aromatic nitrogens is 1. The number of alkyl halides is 3. The van der Waals surface area contributed by atoms with Crippen molar-refractivity contribution < 1.29 is 22.8 Å². The van der Waals surface area contributed by atoms with E-state index in [0.29, 0.717) is 36.7 Å². The SMILES string of the molecule is O=CC1=CC=C(C(F)(F)F)CC12CC(C1CC(=O)c3c(C4CCC4)cc(C4CCCC4)nc3C1)C2.